The molecule has 0 radical (unpaired) electrons. The van der Waals surface area contributed by atoms with E-state index >= 15 is 0 Å². The average molecular weight is 477 g/mol. The predicted molar refractivity (Wildman–Crippen MR) is 127 cm³/mol. The van der Waals surface area contributed by atoms with Gasteiger partial charge in [-0.2, -0.15) is 0 Å². The molecule has 3 amide bonds. The van der Waals surface area contributed by atoms with Crippen LogP contribution in [0.3, 0.4) is 0 Å². The maximum absolute atomic E-state index is 12.8. The maximum Gasteiger partial charge on any atom is 0.338 e. The molecule has 7 nitrogen and oxygen atoms in total. The first kappa shape index (κ1) is 23.2. The number of nitrogens with zero attached hydrogens (tertiary/aromatic N) is 1. The van der Waals surface area contributed by atoms with Crippen molar-refractivity contribution in [2.24, 2.45) is 0 Å². The normalized spacial score (nSPS) is 12.5. The molecule has 3 aromatic rings. The van der Waals surface area contributed by atoms with Gasteiger partial charge < -0.3 is 10.1 Å². The topological polar surface area (TPSA) is 92.8 Å². The van der Waals surface area contributed by atoms with Crippen LogP contribution in [0.15, 0.2) is 60.7 Å². The monoisotopic (exact) mass is 476 g/mol. The number of rotatable bonds is 6. The van der Waals surface area contributed by atoms with E-state index in [9.17, 15) is 19.2 Å². The summed E-state index contributed by atoms with van der Waals surface area (Å²) < 4.78 is 5.11. The molecule has 34 heavy (non-hydrogen) atoms. The molecule has 0 fully saturated rings. The zero-order valence-corrected chi connectivity index (χ0v) is 19.3. The predicted octanol–water partition coefficient (Wildman–Crippen LogP) is 4.55. The van der Waals surface area contributed by atoms with Crippen LogP contribution in [0.4, 0.5) is 5.69 Å². The third-order valence-electron chi connectivity index (χ3n) is 5.42. The fourth-order valence-corrected chi connectivity index (χ4v) is 4.16. The molecule has 0 saturated heterocycles. The smallest absolute Gasteiger partial charge is 0.338 e. The van der Waals surface area contributed by atoms with Crippen LogP contribution >= 0.6 is 11.6 Å². The Kier molecular flexibility index (Phi) is 6.47. The molecule has 0 bridgehead atoms. The van der Waals surface area contributed by atoms with Gasteiger partial charge in [-0.1, -0.05) is 48.0 Å². The van der Waals surface area contributed by atoms with Gasteiger partial charge >= 0.3 is 5.97 Å². The number of anilines is 1. The third-order valence-corrected chi connectivity index (χ3v) is 5.72. The number of carbonyl (C=O) groups is 4. The zero-order chi connectivity index (χ0) is 24.4. The first-order valence-corrected chi connectivity index (χ1v) is 10.9. The molecule has 1 heterocycles. The second-order valence-electron chi connectivity index (χ2n) is 8.01. The molecule has 0 spiro atoms. The summed E-state index contributed by atoms with van der Waals surface area (Å²) >= 11 is 6.19. The van der Waals surface area contributed by atoms with E-state index in [1.54, 1.807) is 6.07 Å². The SMILES string of the molecule is Cc1cc(C)c(NC(=O)COC(=O)c2ccc3c(c2)C(=O)N(Cc2ccccc2)C3=O)c(Cl)c1. The molecule has 8 heteroatoms. The standard InChI is InChI=1S/C26H21ClN2O5/c1-15-10-16(2)23(21(27)11-15)28-22(30)14-34-26(33)18-8-9-19-20(12-18)25(32)29(24(19)31)13-17-6-4-3-5-7-17/h3-12H,13-14H2,1-2H3,(H,28,30). The van der Waals surface area contributed by atoms with Crippen molar-refractivity contribution in [2.75, 3.05) is 11.9 Å². The van der Waals surface area contributed by atoms with Gasteiger partial charge in [0.15, 0.2) is 6.61 Å². The number of esters is 1. The van der Waals surface area contributed by atoms with Gasteiger partial charge in [0.05, 0.1) is 33.9 Å². The molecule has 4 rings (SSSR count). The van der Waals surface area contributed by atoms with Crippen LogP contribution in [0.5, 0.6) is 0 Å². The molecule has 0 atom stereocenters. The lowest BCUT2D eigenvalue weighted by atomic mass is 10.1. The maximum atomic E-state index is 12.8. The minimum atomic E-state index is -0.786. The average Bonchev–Trinajstić information content (AvgIpc) is 3.04. The first-order valence-electron chi connectivity index (χ1n) is 10.5. The highest BCUT2D eigenvalue weighted by atomic mass is 35.5. The lowest BCUT2D eigenvalue weighted by Crippen LogP contribution is -2.29. The van der Waals surface area contributed by atoms with E-state index in [1.165, 1.54) is 18.2 Å². The Balaban J connectivity index is 1.42. The number of nitrogens with one attached hydrogen (secondary N) is 1. The number of hydrogen-bond acceptors (Lipinski definition) is 5. The number of ether oxygens (including phenoxy) is 1. The van der Waals surface area contributed by atoms with Crippen LogP contribution in [-0.2, 0) is 16.1 Å². The van der Waals surface area contributed by atoms with Gasteiger partial charge in [0.25, 0.3) is 17.7 Å². The van der Waals surface area contributed by atoms with Crippen LogP contribution in [0.1, 0.15) is 47.8 Å². The van der Waals surface area contributed by atoms with Crippen LogP contribution in [0.25, 0.3) is 0 Å². The minimum Gasteiger partial charge on any atom is -0.452 e. The molecule has 0 aromatic heterocycles. The largest absolute Gasteiger partial charge is 0.452 e. The van der Waals surface area contributed by atoms with E-state index in [4.69, 9.17) is 16.3 Å². The van der Waals surface area contributed by atoms with Gasteiger partial charge in [0.2, 0.25) is 0 Å². The van der Waals surface area contributed by atoms with Crippen LogP contribution in [0, 0.1) is 13.8 Å². The van der Waals surface area contributed by atoms with Gasteiger partial charge in [-0.05, 0) is 54.8 Å². The van der Waals surface area contributed by atoms with Gasteiger partial charge in [0, 0.05) is 0 Å². The summed E-state index contributed by atoms with van der Waals surface area (Å²) in [6, 6.07) is 16.9. The lowest BCUT2D eigenvalue weighted by molar-refractivity contribution is -0.119. The molecule has 172 valence electrons. The number of hydrogen-bond donors (Lipinski definition) is 1. The van der Waals surface area contributed by atoms with Crippen molar-refractivity contribution in [3.05, 3.63) is 99.1 Å². The second kappa shape index (κ2) is 9.49. The zero-order valence-electron chi connectivity index (χ0n) is 18.6. The Morgan fingerprint density at radius 3 is 2.35 bits per heavy atom. The molecule has 0 aliphatic carbocycles. The summed E-state index contributed by atoms with van der Waals surface area (Å²) in [5.74, 6) is -2.25. The minimum absolute atomic E-state index is 0.0683. The fourth-order valence-electron chi connectivity index (χ4n) is 3.79. The summed E-state index contributed by atoms with van der Waals surface area (Å²) in [4.78, 5) is 51.4. The summed E-state index contributed by atoms with van der Waals surface area (Å²) in [7, 11) is 0. The molecular formula is C26H21ClN2O5. The fraction of sp³-hybridized carbons (Fsp3) is 0.154. The van der Waals surface area contributed by atoms with Crippen molar-refractivity contribution in [2.45, 2.75) is 20.4 Å². The van der Waals surface area contributed by atoms with E-state index in [1.807, 2.05) is 50.2 Å². The van der Waals surface area contributed by atoms with Crippen molar-refractivity contribution in [3.8, 4) is 0 Å². The van der Waals surface area contributed by atoms with Gasteiger partial charge in [-0.15, -0.1) is 0 Å². The van der Waals surface area contributed by atoms with E-state index in [-0.39, 0.29) is 23.2 Å². The van der Waals surface area contributed by atoms with E-state index in [2.05, 4.69) is 5.32 Å². The highest BCUT2D eigenvalue weighted by molar-refractivity contribution is 6.34. The quantitative estimate of drug-likeness (QED) is 0.416. The lowest BCUT2D eigenvalue weighted by Gasteiger charge is -2.13. The van der Waals surface area contributed by atoms with Gasteiger partial charge in [0.1, 0.15) is 0 Å². The summed E-state index contributed by atoms with van der Waals surface area (Å²) in [6.07, 6.45) is 0. The highest BCUT2D eigenvalue weighted by Crippen LogP contribution is 2.28. The summed E-state index contributed by atoms with van der Waals surface area (Å²) in [5, 5.41) is 3.03. The van der Waals surface area contributed by atoms with Gasteiger partial charge in [-0.3, -0.25) is 19.3 Å². The Morgan fingerprint density at radius 1 is 0.941 bits per heavy atom. The summed E-state index contributed by atoms with van der Waals surface area (Å²) in [6.45, 7) is 3.30. The number of aryl methyl sites for hydroxylation is 2. The van der Waals surface area contributed by atoms with E-state index in [0.29, 0.717) is 10.7 Å². The Labute approximate surface area is 201 Å². The molecule has 1 aliphatic heterocycles. The molecule has 0 saturated carbocycles. The van der Waals surface area contributed by atoms with Gasteiger partial charge in [-0.25, -0.2) is 4.79 Å². The summed E-state index contributed by atoms with van der Waals surface area (Å²) in [5.41, 5.74) is 3.42. The van der Waals surface area contributed by atoms with Crippen LogP contribution in [0.2, 0.25) is 5.02 Å². The Hall–Kier alpha value is -3.97. The van der Waals surface area contributed by atoms with Crippen molar-refractivity contribution >= 4 is 41.0 Å². The van der Waals surface area contributed by atoms with Crippen molar-refractivity contribution in [3.63, 3.8) is 0 Å². The molecule has 0 unspecified atom stereocenters. The van der Waals surface area contributed by atoms with E-state index < -0.39 is 30.3 Å². The molecule has 1 aliphatic rings. The molecule has 3 aromatic carbocycles. The van der Waals surface area contributed by atoms with Crippen molar-refractivity contribution < 1.29 is 23.9 Å². The number of amides is 3. The highest BCUT2D eigenvalue weighted by Gasteiger charge is 2.36. The number of fused-ring (bicyclic) bond motifs is 1. The molecule has 1 N–H and O–H groups in total. The number of imide groups is 1. The van der Waals surface area contributed by atoms with Crippen LogP contribution in [-0.4, -0.2) is 35.2 Å². The number of benzene rings is 3. The second-order valence-corrected chi connectivity index (χ2v) is 8.41. The van der Waals surface area contributed by atoms with E-state index in [0.717, 1.165) is 21.6 Å². The first-order chi connectivity index (χ1) is 16.2. The van der Waals surface area contributed by atoms with Crippen molar-refractivity contribution in [1.29, 1.82) is 0 Å². The Bertz CT molecular complexity index is 1300. The van der Waals surface area contributed by atoms with Crippen LogP contribution < -0.4 is 5.32 Å². The molecular weight excluding hydrogens is 456 g/mol. The number of halogens is 1. The van der Waals surface area contributed by atoms with Crippen molar-refractivity contribution in [1.82, 2.24) is 4.90 Å². The Morgan fingerprint density at radius 2 is 1.65 bits per heavy atom. The third kappa shape index (κ3) is 4.70. The number of carbonyl (C=O) groups excluding carboxylic acids is 4.